The Labute approximate surface area is 275 Å². The largest absolute Gasteiger partial charge is 0.398 e. The number of aromatic nitrogens is 4. The second-order valence-corrected chi connectivity index (χ2v) is 15.4. The number of halogens is 2. The number of pyridine rings is 2. The second-order valence-electron chi connectivity index (χ2n) is 13.4. The number of rotatable bonds is 7. The van der Waals surface area contributed by atoms with Gasteiger partial charge in [0.15, 0.2) is 26.2 Å². The Morgan fingerprint density at radius 2 is 1.60 bits per heavy atom. The van der Waals surface area contributed by atoms with Crippen LogP contribution in [0.2, 0.25) is 0 Å². The van der Waals surface area contributed by atoms with Gasteiger partial charge in [-0.25, -0.2) is 32.2 Å². The van der Waals surface area contributed by atoms with Crippen LogP contribution < -0.4 is 16.2 Å². The molecule has 2 aliphatic carbocycles. The molecule has 2 saturated heterocycles. The predicted octanol–water partition coefficient (Wildman–Crippen LogP) is 3.94. The van der Waals surface area contributed by atoms with E-state index in [1.165, 1.54) is 29.1 Å². The van der Waals surface area contributed by atoms with Gasteiger partial charge < -0.3 is 15.5 Å². The average molecular weight is 674 g/mol. The van der Waals surface area contributed by atoms with Crippen molar-refractivity contribution >= 4 is 38.2 Å². The number of hydrogen-bond donors (Lipinski definition) is 1. The summed E-state index contributed by atoms with van der Waals surface area (Å²) in [5, 5.41) is 0.0810. The van der Waals surface area contributed by atoms with Crippen molar-refractivity contribution in [3.63, 3.8) is 0 Å². The molecule has 1 aromatic carbocycles. The SMILES string of the molecule is C=CC(=O)N1C[C@@H]2CN(c3c(S(C)(=O)=O)c(=O)n(-c4c(C5CC5)ncnc4C4CC4)c4nc(-c5c(N)cccc5F)c(F)cc34)C[C@@H]2C1. The zero-order valence-electron chi connectivity index (χ0n) is 26.2. The van der Waals surface area contributed by atoms with E-state index in [1.54, 1.807) is 9.80 Å². The molecule has 2 saturated carbocycles. The maximum absolute atomic E-state index is 16.3. The third-order valence-electron chi connectivity index (χ3n) is 10.0. The zero-order chi connectivity index (χ0) is 33.6. The van der Waals surface area contributed by atoms with Crippen molar-refractivity contribution in [3.8, 4) is 16.9 Å². The first kappa shape index (κ1) is 30.6. The molecule has 2 atom stereocenters. The number of nitrogens with two attached hydrogens (primary N) is 1. The summed E-state index contributed by atoms with van der Waals surface area (Å²) in [6.07, 6.45) is 7.02. The zero-order valence-corrected chi connectivity index (χ0v) is 27.0. The van der Waals surface area contributed by atoms with E-state index in [1.807, 2.05) is 0 Å². The molecule has 3 aromatic heterocycles. The number of hydrogen-bond acceptors (Lipinski definition) is 9. The van der Waals surface area contributed by atoms with Gasteiger partial charge in [0.2, 0.25) is 5.91 Å². The van der Waals surface area contributed by atoms with E-state index >= 15 is 8.78 Å². The lowest BCUT2D eigenvalue weighted by molar-refractivity contribution is -0.125. The molecule has 4 aliphatic rings. The molecule has 8 rings (SSSR count). The molecule has 48 heavy (non-hydrogen) atoms. The van der Waals surface area contributed by atoms with Crippen molar-refractivity contribution in [2.75, 3.05) is 43.1 Å². The van der Waals surface area contributed by atoms with Crippen LogP contribution in [0.5, 0.6) is 0 Å². The van der Waals surface area contributed by atoms with E-state index in [4.69, 9.17) is 5.73 Å². The fourth-order valence-corrected chi connectivity index (χ4v) is 8.50. The summed E-state index contributed by atoms with van der Waals surface area (Å²) in [5.74, 6) is -1.88. The number of anilines is 2. The van der Waals surface area contributed by atoms with Gasteiger partial charge in [-0.1, -0.05) is 12.6 Å². The number of carbonyl (C=O) groups is 1. The quantitative estimate of drug-likeness (QED) is 0.228. The molecule has 0 unspecified atom stereocenters. The summed E-state index contributed by atoms with van der Waals surface area (Å²) in [6, 6.07) is 5.11. The fraction of sp³-hybridized carbons (Fsp3) is 0.382. The van der Waals surface area contributed by atoms with E-state index in [-0.39, 0.29) is 57.6 Å². The number of nitrogen functional groups attached to an aromatic ring is 1. The molecular formula is C34H33F2N7O4S. The van der Waals surface area contributed by atoms with Crippen molar-refractivity contribution < 1.29 is 22.0 Å². The Morgan fingerprint density at radius 1 is 0.979 bits per heavy atom. The third-order valence-corrected chi connectivity index (χ3v) is 11.1. The highest BCUT2D eigenvalue weighted by Crippen LogP contribution is 2.48. The third kappa shape index (κ3) is 4.87. The molecule has 1 amide bonds. The molecule has 5 heterocycles. The van der Waals surface area contributed by atoms with Crippen LogP contribution >= 0.6 is 0 Å². The Bertz CT molecular complexity index is 2170. The number of carbonyl (C=O) groups excluding carboxylic acids is 1. The van der Waals surface area contributed by atoms with Gasteiger partial charge in [0, 0.05) is 67.2 Å². The molecule has 2 N–H and O–H groups in total. The summed E-state index contributed by atoms with van der Waals surface area (Å²) in [7, 11) is -4.22. The van der Waals surface area contributed by atoms with Gasteiger partial charge in [-0.15, -0.1) is 0 Å². The first-order valence-corrected chi connectivity index (χ1v) is 17.9. The topological polar surface area (TPSA) is 144 Å². The summed E-state index contributed by atoms with van der Waals surface area (Å²) < 4.78 is 60.2. The lowest BCUT2D eigenvalue weighted by Crippen LogP contribution is -2.35. The number of nitrogens with zero attached hydrogens (tertiary/aromatic N) is 6. The number of fused-ring (bicyclic) bond motifs is 2. The van der Waals surface area contributed by atoms with Gasteiger partial charge >= 0.3 is 0 Å². The van der Waals surface area contributed by atoms with Gasteiger partial charge in [-0.3, -0.25) is 14.2 Å². The molecule has 2 aliphatic heterocycles. The van der Waals surface area contributed by atoms with Crippen LogP contribution in [-0.4, -0.2) is 71.2 Å². The molecule has 248 valence electrons. The van der Waals surface area contributed by atoms with Gasteiger partial charge in [-0.2, -0.15) is 0 Å². The maximum Gasteiger partial charge on any atom is 0.277 e. The lowest BCUT2D eigenvalue weighted by atomic mass is 10.0. The van der Waals surface area contributed by atoms with Crippen molar-refractivity contribution in [2.24, 2.45) is 11.8 Å². The van der Waals surface area contributed by atoms with Crippen LogP contribution in [-0.2, 0) is 14.6 Å². The van der Waals surface area contributed by atoms with Crippen LogP contribution in [0.1, 0.15) is 48.9 Å². The van der Waals surface area contributed by atoms with Crippen LogP contribution in [0.3, 0.4) is 0 Å². The highest BCUT2D eigenvalue weighted by atomic mass is 32.2. The molecule has 0 bridgehead atoms. The molecule has 11 nitrogen and oxygen atoms in total. The first-order chi connectivity index (χ1) is 23.0. The van der Waals surface area contributed by atoms with E-state index in [0.717, 1.165) is 44.1 Å². The van der Waals surface area contributed by atoms with Gasteiger partial charge in [0.25, 0.3) is 5.56 Å². The highest BCUT2D eigenvalue weighted by Gasteiger charge is 2.44. The van der Waals surface area contributed by atoms with Crippen molar-refractivity contribution in [1.82, 2.24) is 24.4 Å². The standard InChI is InChI=1S/C34H33F2N7O4S/c1-3-25(44)41-12-19-14-42(15-20(19)13-41)30-21-11-23(36)29(26-22(35)5-4-6-24(26)37)40-33(21)43(34(45)32(30)48(2,46)47)31-27(17-7-8-17)38-16-39-28(31)18-9-10-18/h3-6,11,16-20H,1,7-10,12-15,37H2,2H3/t19-,20+. The van der Waals surface area contributed by atoms with Crippen LogP contribution in [0.25, 0.3) is 28.0 Å². The normalized spacial score (nSPS) is 20.8. The lowest BCUT2D eigenvalue weighted by Gasteiger charge is -2.27. The minimum Gasteiger partial charge on any atom is -0.398 e. The van der Waals surface area contributed by atoms with Crippen molar-refractivity contribution in [2.45, 2.75) is 42.4 Å². The molecule has 4 aromatic rings. The van der Waals surface area contributed by atoms with Crippen LogP contribution in [0, 0.1) is 23.5 Å². The van der Waals surface area contributed by atoms with Gasteiger partial charge in [-0.05, 0) is 50.0 Å². The minimum atomic E-state index is -4.22. The van der Waals surface area contributed by atoms with E-state index in [9.17, 15) is 18.0 Å². The summed E-state index contributed by atoms with van der Waals surface area (Å²) in [5.41, 5.74) is 6.13. The summed E-state index contributed by atoms with van der Waals surface area (Å²) in [4.78, 5) is 44.0. The first-order valence-electron chi connectivity index (χ1n) is 16.0. The molecule has 4 fully saturated rings. The second kappa shape index (κ2) is 10.9. The van der Waals surface area contributed by atoms with E-state index < -0.39 is 37.6 Å². The smallest absolute Gasteiger partial charge is 0.277 e. The monoisotopic (exact) mass is 673 g/mol. The van der Waals surface area contributed by atoms with Gasteiger partial charge in [0.1, 0.15) is 17.8 Å². The van der Waals surface area contributed by atoms with E-state index in [0.29, 0.717) is 43.3 Å². The van der Waals surface area contributed by atoms with E-state index in [2.05, 4.69) is 21.5 Å². The Balaban J connectivity index is 1.44. The minimum absolute atomic E-state index is 0.0143. The molecular weight excluding hydrogens is 640 g/mol. The fourth-order valence-electron chi connectivity index (χ4n) is 7.50. The number of amides is 1. The molecule has 0 spiro atoms. The molecule has 14 heteroatoms. The highest BCUT2D eigenvalue weighted by molar-refractivity contribution is 7.90. The van der Waals surface area contributed by atoms with Crippen molar-refractivity contribution in [3.05, 3.63) is 76.6 Å². The predicted molar refractivity (Wildman–Crippen MR) is 176 cm³/mol. The number of benzene rings is 1. The Hall–Kier alpha value is -4.72. The van der Waals surface area contributed by atoms with Crippen LogP contribution in [0.4, 0.5) is 20.2 Å². The Kier molecular flexibility index (Phi) is 6.95. The summed E-state index contributed by atoms with van der Waals surface area (Å²) >= 11 is 0. The van der Waals surface area contributed by atoms with Crippen molar-refractivity contribution in [1.29, 1.82) is 0 Å². The molecule has 0 radical (unpaired) electrons. The number of likely N-dealkylation sites (tertiary alicyclic amines) is 1. The Morgan fingerprint density at radius 3 is 2.15 bits per heavy atom. The van der Waals surface area contributed by atoms with Gasteiger partial charge in [0.05, 0.1) is 28.3 Å². The number of sulfone groups is 1. The summed E-state index contributed by atoms with van der Waals surface area (Å²) in [6.45, 7) is 5.11. The van der Waals surface area contributed by atoms with Crippen LogP contribution in [0.15, 0.2) is 52.9 Å². The maximum atomic E-state index is 16.3. The average Bonchev–Trinajstić information content (AvgIpc) is 3.97.